The highest BCUT2D eigenvalue weighted by Crippen LogP contribution is 2.22. The summed E-state index contributed by atoms with van der Waals surface area (Å²) in [6.45, 7) is 7.03. The number of nitrogens with one attached hydrogen (secondary N) is 2. The lowest BCUT2D eigenvalue weighted by Gasteiger charge is -2.15. The molecule has 0 saturated heterocycles. The quantitative estimate of drug-likeness (QED) is 0.335. The van der Waals surface area contributed by atoms with Crippen LogP contribution < -0.4 is 15.4 Å². The molecule has 0 bridgehead atoms. The summed E-state index contributed by atoms with van der Waals surface area (Å²) in [5.41, 5.74) is 4.99. The van der Waals surface area contributed by atoms with Crippen molar-refractivity contribution in [2.45, 2.75) is 20.4 Å². The van der Waals surface area contributed by atoms with E-state index in [1.54, 1.807) is 36.1 Å². The molecule has 0 aliphatic carbocycles. The first-order chi connectivity index (χ1) is 17.1. The number of benzene rings is 3. The van der Waals surface area contributed by atoms with Gasteiger partial charge in [-0.25, -0.2) is 4.68 Å². The fourth-order valence-electron chi connectivity index (χ4n) is 3.65. The number of carbonyl (C=O) groups excluding carboxylic acids is 1. The Bertz CT molecular complexity index is 1250. The number of nitrogens with zero attached hydrogens (tertiary/aromatic N) is 4. The van der Waals surface area contributed by atoms with Crippen LogP contribution in [0, 0.1) is 0 Å². The Labute approximate surface area is 205 Å². The smallest absolute Gasteiger partial charge is 0.255 e. The van der Waals surface area contributed by atoms with E-state index < -0.39 is 0 Å². The molecule has 0 fully saturated rings. The van der Waals surface area contributed by atoms with E-state index in [-0.39, 0.29) is 5.91 Å². The van der Waals surface area contributed by atoms with Crippen molar-refractivity contribution in [3.05, 3.63) is 90.3 Å². The Hall–Kier alpha value is -4.17. The SMILES string of the molecule is CCN(CC)Cc1cn(-c2cccc(Nc3ccc(NC(=O)c4ccc(OC)cc4)cc3)c2)nn1. The maximum absolute atomic E-state index is 12.5. The normalized spacial score (nSPS) is 10.9. The van der Waals surface area contributed by atoms with Crippen molar-refractivity contribution in [2.75, 3.05) is 30.8 Å². The first-order valence-electron chi connectivity index (χ1n) is 11.6. The average molecular weight is 471 g/mol. The number of ether oxygens (including phenoxy) is 1. The number of aromatic nitrogens is 3. The summed E-state index contributed by atoms with van der Waals surface area (Å²) >= 11 is 0. The van der Waals surface area contributed by atoms with E-state index in [0.29, 0.717) is 17.0 Å². The van der Waals surface area contributed by atoms with Gasteiger partial charge in [0.25, 0.3) is 5.91 Å². The van der Waals surface area contributed by atoms with E-state index in [1.807, 2.05) is 54.7 Å². The second-order valence-electron chi connectivity index (χ2n) is 8.05. The molecule has 180 valence electrons. The lowest BCUT2D eigenvalue weighted by molar-refractivity contribution is 0.102. The molecule has 0 spiro atoms. The van der Waals surface area contributed by atoms with E-state index in [9.17, 15) is 4.79 Å². The lowest BCUT2D eigenvalue weighted by atomic mass is 10.2. The van der Waals surface area contributed by atoms with E-state index in [0.717, 1.165) is 42.4 Å². The topological polar surface area (TPSA) is 84.3 Å². The van der Waals surface area contributed by atoms with E-state index in [1.165, 1.54) is 0 Å². The molecule has 0 aliphatic heterocycles. The fraction of sp³-hybridized carbons (Fsp3) is 0.222. The number of methoxy groups -OCH3 is 1. The minimum atomic E-state index is -0.172. The van der Waals surface area contributed by atoms with Crippen molar-refractivity contribution < 1.29 is 9.53 Å². The number of rotatable bonds is 10. The molecule has 0 saturated carbocycles. The van der Waals surface area contributed by atoms with E-state index in [4.69, 9.17) is 4.74 Å². The molecular formula is C27H30N6O2. The highest BCUT2D eigenvalue weighted by atomic mass is 16.5. The van der Waals surface area contributed by atoms with Gasteiger partial charge in [0.1, 0.15) is 5.75 Å². The van der Waals surface area contributed by atoms with Crippen LogP contribution in [0.5, 0.6) is 5.75 Å². The third kappa shape index (κ3) is 6.24. The van der Waals surface area contributed by atoms with Gasteiger partial charge in [0.2, 0.25) is 0 Å². The molecular weight excluding hydrogens is 440 g/mol. The number of carbonyl (C=O) groups is 1. The highest BCUT2D eigenvalue weighted by molar-refractivity contribution is 6.04. The van der Waals surface area contributed by atoms with Crippen molar-refractivity contribution in [3.8, 4) is 11.4 Å². The summed E-state index contributed by atoms with van der Waals surface area (Å²) in [6, 6.07) is 22.6. The molecule has 1 heterocycles. The molecule has 4 rings (SSSR count). The minimum absolute atomic E-state index is 0.172. The first kappa shape index (κ1) is 24.0. The second-order valence-corrected chi connectivity index (χ2v) is 8.05. The van der Waals surface area contributed by atoms with Crippen molar-refractivity contribution in [2.24, 2.45) is 0 Å². The van der Waals surface area contributed by atoms with Gasteiger partial charge in [-0.15, -0.1) is 5.10 Å². The van der Waals surface area contributed by atoms with Crippen LogP contribution in [0.1, 0.15) is 29.9 Å². The Balaban J connectivity index is 1.39. The van der Waals surface area contributed by atoms with Crippen LogP contribution in [0.25, 0.3) is 5.69 Å². The van der Waals surface area contributed by atoms with Crippen LogP contribution >= 0.6 is 0 Å². The molecule has 1 aromatic heterocycles. The summed E-state index contributed by atoms with van der Waals surface area (Å²) in [6.07, 6.45) is 1.97. The predicted octanol–water partition coefficient (Wildman–Crippen LogP) is 5.11. The van der Waals surface area contributed by atoms with Crippen LogP contribution in [0.3, 0.4) is 0 Å². The lowest BCUT2D eigenvalue weighted by Crippen LogP contribution is -2.22. The molecule has 8 nitrogen and oxygen atoms in total. The zero-order chi connectivity index (χ0) is 24.6. The standard InChI is InChI=1S/C27H30N6O2/c1-4-32(5-2)18-24-19-33(31-30-24)25-8-6-7-23(17-25)28-21-11-13-22(14-12-21)29-27(34)20-9-15-26(35-3)16-10-20/h6-17,19,28H,4-5,18H2,1-3H3,(H,29,34). The van der Waals surface area contributed by atoms with Gasteiger partial charge in [-0.05, 0) is 79.8 Å². The maximum atomic E-state index is 12.5. The summed E-state index contributed by atoms with van der Waals surface area (Å²) in [4.78, 5) is 14.8. The number of amides is 1. The minimum Gasteiger partial charge on any atom is -0.497 e. The largest absolute Gasteiger partial charge is 0.497 e. The van der Waals surface area contributed by atoms with Crippen molar-refractivity contribution in [1.82, 2.24) is 19.9 Å². The number of anilines is 3. The molecule has 3 aromatic carbocycles. The van der Waals surface area contributed by atoms with Crippen LogP contribution in [0.2, 0.25) is 0 Å². The molecule has 0 aliphatic rings. The molecule has 4 aromatic rings. The molecule has 2 N–H and O–H groups in total. The van der Waals surface area contributed by atoms with Gasteiger partial charge >= 0.3 is 0 Å². The monoisotopic (exact) mass is 470 g/mol. The maximum Gasteiger partial charge on any atom is 0.255 e. The highest BCUT2D eigenvalue weighted by Gasteiger charge is 2.08. The third-order valence-electron chi connectivity index (χ3n) is 5.72. The Morgan fingerprint density at radius 3 is 2.34 bits per heavy atom. The van der Waals surface area contributed by atoms with Crippen molar-refractivity contribution in [3.63, 3.8) is 0 Å². The van der Waals surface area contributed by atoms with E-state index >= 15 is 0 Å². The van der Waals surface area contributed by atoms with Crippen molar-refractivity contribution in [1.29, 1.82) is 0 Å². The van der Waals surface area contributed by atoms with Gasteiger partial charge in [0.15, 0.2) is 0 Å². The Morgan fingerprint density at radius 2 is 1.66 bits per heavy atom. The van der Waals surface area contributed by atoms with Gasteiger partial charge in [-0.3, -0.25) is 9.69 Å². The molecule has 1 amide bonds. The zero-order valence-electron chi connectivity index (χ0n) is 20.2. The van der Waals surface area contributed by atoms with Crippen LogP contribution in [0.4, 0.5) is 17.1 Å². The van der Waals surface area contributed by atoms with Crippen LogP contribution in [0.15, 0.2) is 79.0 Å². The van der Waals surface area contributed by atoms with Crippen molar-refractivity contribution >= 4 is 23.0 Å². The molecule has 0 unspecified atom stereocenters. The summed E-state index contributed by atoms with van der Waals surface area (Å²) < 4.78 is 6.93. The van der Waals surface area contributed by atoms with Crippen LogP contribution in [-0.2, 0) is 6.54 Å². The fourth-order valence-corrected chi connectivity index (χ4v) is 3.65. The molecule has 0 radical (unpaired) electrons. The first-order valence-corrected chi connectivity index (χ1v) is 11.6. The zero-order valence-corrected chi connectivity index (χ0v) is 20.2. The van der Waals surface area contributed by atoms with Gasteiger partial charge in [0, 0.05) is 29.2 Å². The average Bonchev–Trinajstić information content (AvgIpc) is 3.37. The number of hydrogen-bond acceptors (Lipinski definition) is 6. The summed E-state index contributed by atoms with van der Waals surface area (Å²) in [5.74, 6) is 0.541. The van der Waals surface area contributed by atoms with Gasteiger partial charge in [0.05, 0.1) is 24.7 Å². The summed E-state index contributed by atoms with van der Waals surface area (Å²) in [7, 11) is 1.60. The van der Waals surface area contributed by atoms with Gasteiger partial charge in [-0.2, -0.15) is 0 Å². The Morgan fingerprint density at radius 1 is 0.943 bits per heavy atom. The predicted molar refractivity (Wildman–Crippen MR) is 139 cm³/mol. The third-order valence-corrected chi connectivity index (χ3v) is 5.72. The van der Waals surface area contributed by atoms with Gasteiger partial charge in [-0.1, -0.05) is 25.1 Å². The van der Waals surface area contributed by atoms with E-state index in [2.05, 4.69) is 39.7 Å². The molecule has 8 heteroatoms. The number of hydrogen-bond donors (Lipinski definition) is 2. The molecule has 0 atom stereocenters. The Kier molecular flexibility index (Phi) is 7.74. The molecule has 35 heavy (non-hydrogen) atoms. The second kappa shape index (κ2) is 11.3. The van der Waals surface area contributed by atoms with Gasteiger partial charge < -0.3 is 15.4 Å². The summed E-state index contributed by atoms with van der Waals surface area (Å²) in [5, 5.41) is 14.9. The van der Waals surface area contributed by atoms with Crippen LogP contribution in [-0.4, -0.2) is 46.0 Å².